The summed E-state index contributed by atoms with van der Waals surface area (Å²) in [5.41, 5.74) is 7.36. The van der Waals surface area contributed by atoms with E-state index in [4.69, 9.17) is 11.6 Å². The predicted octanol–water partition coefficient (Wildman–Crippen LogP) is 4.98. The van der Waals surface area contributed by atoms with E-state index in [2.05, 4.69) is 11.9 Å². The number of carboxylic acids is 1. The van der Waals surface area contributed by atoms with E-state index in [1.807, 2.05) is 30.3 Å². The van der Waals surface area contributed by atoms with Crippen LogP contribution in [0.5, 0.6) is 0 Å². The van der Waals surface area contributed by atoms with Crippen molar-refractivity contribution >= 4 is 17.6 Å². The molecule has 0 unspecified atom stereocenters. The van der Waals surface area contributed by atoms with Gasteiger partial charge in [-0.15, -0.1) is 0 Å². The second kappa shape index (κ2) is 5.46. The summed E-state index contributed by atoms with van der Waals surface area (Å²) in [6, 6.07) is 13.1. The molecule has 0 amide bonds. The molecule has 0 fully saturated rings. The number of hydrogen-bond donors (Lipinski definition) is 1. The predicted molar refractivity (Wildman–Crippen MR) is 94.6 cm³/mol. The molecule has 3 aromatic rings. The molecule has 0 saturated carbocycles. The second-order valence-corrected chi connectivity index (χ2v) is 6.40. The lowest BCUT2D eigenvalue weighted by Gasteiger charge is -2.12. The third-order valence-corrected chi connectivity index (χ3v) is 4.76. The number of halogens is 1. The first-order chi connectivity index (χ1) is 11.6. The van der Waals surface area contributed by atoms with Gasteiger partial charge >= 0.3 is 5.97 Å². The Bertz CT molecular complexity index is 995. The molecule has 0 atom stereocenters. The van der Waals surface area contributed by atoms with Crippen molar-refractivity contribution < 1.29 is 9.90 Å². The van der Waals surface area contributed by atoms with Gasteiger partial charge in [0.1, 0.15) is 0 Å². The van der Waals surface area contributed by atoms with Crippen LogP contribution in [-0.2, 0) is 6.42 Å². The molecule has 4 heteroatoms. The highest BCUT2D eigenvalue weighted by Gasteiger charge is 2.25. The van der Waals surface area contributed by atoms with Crippen LogP contribution in [-0.4, -0.2) is 16.1 Å². The van der Waals surface area contributed by atoms with E-state index in [9.17, 15) is 9.90 Å². The van der Waals surface area contributed by atoms with Crippen molar-refractivity contribution in [2.45, 2.75) is 13.3 Å². The SMILES string of the molecule is Cc1ccc(-c2ncccc2C(=O)O)c2c1-c1cc(Cl)ccc1C2. The van der Waals surface area contributed by atoms with Gasteiger partial charge in [0.15, 0.2) is 0 Å². The number of aryl methyl sites for hydroxylation is 1. The number of rotatable bonds is 2. The van der Waals surface area contributed by atoms with Crippen LogP contribution >= 0.6 is 11.6 Å². The van der Waals surface area contributed by atoms with Crippen molar-refractivity contribution in [3.05, 3.63) is 75.9 Å². The third-order valence-electron chi connectivity index (χ3n) is 4.52. The first-order valence-corrected chi connectivity index (χ1v) is 8.04. The van der Waals surface area contributed by atoms with Crippen LogP contribution in [0.2, 0.25) is 5.02 Å². The highest BCUT2D eigenvalue weighted by molar-refractivity contribution is 6.31. The van der Waals surface area contributed by atoms with Crippen LogP contribution in [0.15, 0.2) is 48.7 Å². The number of carboxylic acid groups (broad SMARTS) is 1. The standard InChI is InChI=1S/C20H14ClNO2/c1-11-4-7-14(19-15(20(23)24)3-2-8-22-19)17-9-12-5-6-13(21)10-16(12)18(11)17/h2-8,10H,9H2,1H3,(H,23,24). The summed E-state index contributed by atoms with van der Waals surface area (Å²) in [5, 5.41) is 10.2. The zero-order valence-electron chi connectivity index (χ0n) is 13.0. The van der Waals surface area contributed by atoms with Crippen LogP contribution in [0.3, 0.4) is 0 Å². The maximum absolute atomic E-state index is 11.6. The minimum atomic E-state index is -0.967. The fourth-order valence-electron chi connectivity index (χ4n) is 3.46. The van der Waals surface area contributed by atoms with Gasteiger partial charge in [-0.3, -0.25) is 4.98 Å². The lowest BCUT2D eigenvalue weighted by molar-refractivity contribution is 0.0697. The molecule has 1 aliphatic carbocycles. The van der Waals surface area contributed by atoms with Gasteiger partial charge in [-0.1, -0.05) is 29.8 Å². The normalized spacial score (nSPS) is 11.9. The number of aromatic nitrogens is 1. The van der Waals surface area contributed by atoms with Crippen molar-refractivity contribution in [1.29, 1.82) is 0 Å². The molecule has 1 heterocycles. The van der Waals surface area contributed by atoms with Crippen molar-refractivity contribution in [3.63, 3.8) is 0 Å². The molecule has 2 aromatic carbocycles. The van der Waals surface area contributed by atoms with Crippen LogP contribution in [0.25, 0.3) is 22.4 Å². The van der Waals surface area contributed by atoms with Crippen LogP contribution in [0, 0.1) is 6.92 Å². The maximum Gasteiger partial charge on any atom is 0.337 e. The Morgan fingerprint density at radius 2 is 2.00 bits per heavy atom. The minimum Gasteiger partial charge on any atom is -0.478 e. The van der Waals surface area contributed by atoms with E-state index < -0.39 is 5.97 Å². The highest BCUT2D eigenvalue weighted by Crippen LogP contribution is 2.44. The minimum absolute atomic E-state index is 0.220. The summed E-state index contributed by atoms with van der Waals surface area (Å²) in [4.78, 5) is 15.9. The molecule has 0 aliphatic heterocycles. The van der Waals surface area contributed by atoms with Crippen molar-refractivity contribution in [1.82, 2.24) is 4.98 Å². The van der Waals surface area contributed by atoms with E-state index in [1.54, 1.807) is 18.3 Å². The first kappa shape index (κ1) is 14.9. The average molecular weight is 336 g/mol. The molecule has 24 heavy (non-hydrogen) atoms. The molecule has 0 radical (unpaired) electrons. The highest BCUT2D eigenvalue weighted by atomic mass is 35.5. The summed E-state index contributed by atoms with van der Waals surface area (Å²) < 4.78 is 0. The summed E-state index contributed by atoms with van der Waals surface area (Å²) in [6.45, 7) is 2.06. The zero-order chi connectivity index (χ0) is 16.8. The largest absolute Gasteiger partial charge is 0.478 e. The van der Waals surface area contributed by atoms with Crippen LogP contribution < -0.4 is 0 Å². The fourth-order valence-corrected chi connectivity index (χ4v) is 3.64. The molecule has 0 bridgehead atoms. The van der Waals surface area contributed by atoms with E-state index in [0.717, 1.165) is 34.2 Å². The van der Waals surface area contributed by atoms with Gasteiger partial charge in [0.2, 0.25) is 0 Å². The lowest BCUT2D eigenvalue weighted by Crippen LogP contribution is -2.03. The number of pyridine rings is 1. The molecular formula is C20H14ClNO2. The Morgan fingerprint density at radius 3 is 2.79 bits per heavy atom. The monoisotopic (exact) mass is 335 g/mol. The molecule has 4 rings (SSSR count). The molecule has 0 saturated heterocycles. The van der Waals surface area contributed by atoms with E-state index in [1.165, 1.54) is 5.56 Å². The fraction of sp³-hybridized carbons (Fsp3) is 0.100. The van der Waals surface area contributed by atoms with Crippen molar-refractivity contribution in [3.8, 4) is 22.4 Å². The number of fused-ring (bicyclic) bond motifs is 3. The Morgan fingerprint density at radius 1 is 1.17 bits per heavy atom. The van der Waals surface area contributed by atoms with Gasteiger partial charge in [-0.25, -0.2) is 4.79 Å². The Labute approximate surface area is 144 Å². The number of aromatic carboxylic acids is 1. The zero-order valence-corrected chi connectivity index (χ0v) is 13.8. The molecule has 1 N–H and O–H groups in total. The van der Waals surface area contributed by atoms with Gasteiger partial charge in [-0.2, -0.15) is 0 Å². The van der Waals surface area contributed by atoms with Gasteiger partial charge < -0.3 is 5.11 Å². The van der Waals surface area contributed by atoms with E-state index >= 15 is 0 Å². The van der Waals surface area contributed by atoms with Crippen molar-refractivity contribution in [2.24, 2.45) is 0 Å². The Kier molecular flexibility index (Phi) is 3.39. The van der Waals surface area contributed by atoms with Gasteiger partial charge in [0, 0.05) is 16.8 Å². The van der Waals surface area contributed by atoms with Crippen LogP contribution in [0.1, 0.15) is 27.0 Å². The Balaban J connectivity index is 2.00. The molecule has 1 aliphatic rings. The summed E-state index contributed by atoms with van der Waals surface area (Å²) in [6.07, 6.45) is 2.39. The molecule has 118 valence electrons. The smallest absolute Gasteiger partial charge is 0.337 e. The maximum atomic E-state index is 11.6. The molecular weight excluding hydrogens is 322 g/mol. The van der Waals surface area contributed by atoms with E-state index in [-0.39, 0.29) is 5.56 Å². The second-order valence-electron chi connectivity index (χ2n) is 5.97. The Hall–Kier alpha value is -2.65. The van der Waals surface area contributed by atoms with Crippen molar-refractivity contribution in [2.75, 3.05) is 0 Å². The third kappa shape index (κ3) is 2.21. The molecule has 1 aromatic heterocycles. The number of benzene rings is 2. The quantitative estimate of drug-likeness (QED) is 0.562. The van der Waals surface area contributed by atoms with Gasteiger partial charge in [0.25, 0.3) is 0 Å². The topological polar surface area (TPSA) is 50.2 Å². The lowest BCUT2D eigenvalue weighted by atomic mass is 9.93. The number of nitrogens with zero attached hydrogens (tertiary/aromatic N) is 1. The summed E-state index contributed by atoms with van der Waals surface area (Å²) in [7, 11) is 0. The van der Waals surface area contributed by atoms with E-state index in [0.29, 0.717) is 10.7 Å². The molecule has 3 nitrogen and oxygen atoms in total. The number of carbonyl (C=O) groups is 1. The number of hydrogen-bond acceptors (Lipinski definition) is 2. The summed E-state index contributed by atoms with van der Waals surface area (Å²) in [5.74, 6) is -0.967. The van der Waals surface area contributed by atoms with Gasteiger partial charge in [-0.05, 0) is 65.4 Å². The molecule has 0 spiro atoms. The average Bonchev–Trinajstić information content (AvgIpc) is 2.94. The summed E-state index contributed by atoms with van der Waals surface area (Å²) >= 11 is 6.18. The van der Waals surface area contributed by atoms with Crippen LogP contribution in [0.4, 0.5) is 0 Å². The first-order valence-electron chi connectivity index (χ1n) is 7.66. The van der Waals surface area contributed by atoms with Gasteiger partial charge in [0.05, 0.1) is 11.3 Å².